The average Bonchev–Trinajstić information content (AvgIpc) is 2.59. The van der Waals surface area contributed by atoms with Gasteiger partial charge in [-0.2, -0.15) is 0 Å². The van der Waals surface area contributed by atoms with E-state index in [1.54, 1.807) is 0 Å². The van der Waals surface area contributed by atoms with Gasteiger partial charge in [-0.15, -0.1) is 0 Å². The van der Waals surface area contributed by atoms with Crippen LogP contribution in [-0.4, -0.2) is 45.8 Å². The summed E-state index contributed by atoms with van der Waals surface area (Å²) < 4.78 is 4.89. The molecule has 1 aliphatic rings. The molecule has 0 aromatic heterocycles. The van der Waals surface area contributed by atoms with Crippen molar-refractivity contribution in [3.05, 3.63) is 29.3 Å². The molecule has 1 aromatic rings. The molecule has 0 atom stereocenters. The minimum atomic E-state index is -0.347. The van der Waals surface area contributed by atoms with Crippen LogP contribution >= 0.6 is 0 Å². The lowest BCUT2D eigenvalue weighted by Gasteiger charge is -2.29. The van der Waals surface area contributed by atoms with Crippen molar-refractivity contribution in [2.45, 2.75) is 12.8 Å². The molecule has 1 aromatic carbocycles. The summed E-state index contributed by atoms with van der Waals surface area (Å²) in [5.74, 6) is 5.77. The Bertz CT molecular complexity index is 569. The van der Waals surface area contributed by atoms with Crippen molar-refractivity contribution < 1.29 is 9.53 Å². The maximum Gasteiger partial charge on any atom is 0.339 e. The van der Waals surface area contributed by atoms with E-state index in [4.69, 9.17) is 10.5 Å². The van der Waals surface area contributed by atoms with Crippen LogP contribution in [0.5, 0.6) is 0 Å². The van der Waals surface area contributed by atoms with Crippen molar-refractivity contribution in [3.8, 4) is 11.8 Å². The van der Waals surface area contributed by atoms with Gasteiger partial charge in [0.15, 0.2) is 0 Å². The first-order valence-corrected chi connectivity index (χ1v) is 7.63. The highest BCUT2D eigenvalue weighted by atomic mass is 16.5. The van der Waals surface area contributed by atoms with Gasteiger partial charge in [-0.05, 0) is 31.2 Å². The summed E-state index contributed by atoms with van der Waals surface area (Å²) in [6.45, 7) is 4.40. The van der Waals surface area contributed by atoms with Gasteiger partial charge >= 0.3 is 5.97 Å². The van der Waals surface area contributed by atoms with Crippen LogP contribution in [0, 0.1) is 11.8 Å². The molecule has 0 aliphatic carbocycles. The molecular formula is C17H23N3O2. The van der Waals surface area contributed by atoms with Crippen LogP contribution in [0.3, 0.4) is 0 Å². The van der Waals surface area contributed by atoms with Gasteiger partial charge in [0.2, 0.25) is 0 Å². The number of hydrogen-bond acceptors (Lipinski definition) is 5. The Morgan fingerprint density at radius 2 is 2.18 bits per heavy atom. The summed E-state index contributed by atoms with van der Waals surface area (Å²) in [5.41, 5.74) is 7.73. The molecule has 22 heavy (non-hydrogen) atoms. The topological polar surface area (TPSA) is 67.6 Å². The number of nitrogens with two attached hydrogens (primary N) is 1. The second-order valence-corrected chi connectivity index (χ2v) is 5.15. The van der Waals surface area contributed by atoms with Crippen molar-refractivity contribution in [2.24, 2.45) is 5.73 Å². The highest BCUT2D eigenvalue weighted by Crippen LogP contribution is 2.20. The maximum absolute atomic E-state index is 12.0. The normalized spacial score (nSPS) is 14.2. The monoisotopic (exact) mass is 301 g/mol. The smallest absolute Gasteiger partial charge is 0.339 e. The molecule has 2 rings (SSSR count). The first-order chi connectivity index (χ1) is 10.8. The van der Waals surface area contributed by atoms with E-state index in [1.807, 2.05) is 18.2 Å². The minimum absolute atomic E-state index is 0.347. The first kappa shape index (κ1) is 16.3. The lowest BCUT2D eigenvalue weighted by atomic mass is 10.1. The molecule has 3 N–H and O–H groups in total. The van der Waals surface area contributed by atoms with Crippen LogP contribution in [0.4, 0.5) is 5.69 Å². The maximum atomic E-state index is 12.0. The van der Waals surface area contributed by atoms with Crippen LogP contribution in [-0.2, 0) is 4.74 Å². The highest BCUT2D eigenvalue weighted by molar-refractivity contribution is 5.93. The molecule has 1 aliphatic heterocycles. The van der Waals surface area contributed by atoms with Gasteiger partial charge in [0.25, 0.3) is 0 Å². The predicted octanol–water partition coefficient (Wildman–Crippen LogP) is 0.973. The number of ether oxygens (including phenoxy) is 1. The van der Waals surface area contributed by atoms with Gasteiger partial charge in [0.05, 0.1) is 12.7 Å². The lowest BCUT2D eigenvalue weighted by molar-refractivity contribution is 0.0600. The van der Waals surface area contributed by atoms with Crippen LogP contribution in [0.25, 0.3) is 0 Å². The van der Waals surface area contributed by atoms with Crippen molar-refractivity contribution in [2.75, 3.05) is 44.7 Å². The molecule has 0 radical (unpaired) electrons. The number of piperazine rings is 1. The molecule has 5 nitrogen and oxygen atoms in total. The molecule has 1 heterocycles. The van der Waals surface area contributed by atoms with Crippen molar-refractivity contribution in [1.82, 2.24) is 5.32 Å². The SMILES string of the molecule is COC(=O)c1cc(N2CCNCC2)ccc1C#CCCCN. The molecule has 118 valence electrons. The summed E-state index contributed by atoms with van der Waals surface area (Å²) in [6.07, 6.45) is 1.59. The van der Waals surface area contributed by atoms with E-state index >= 15 is 0 Å². The third-order valence-corrected chi connectivity index (χ3v) is 3.62. The minimum Gasteiger partial charge on any atom is -0.465 e. The van der Waals surface area contributed by atoms with E-state index in [1.165, 1.54) is 7.11 Å². The molecule has 1 fully saturated rings. The summed E-state index contributed by atoms with van der Waals surface area (Å²) in [6, 6.07) is 5.80. The van der Waals surface area contributed by atoms with Crippen LogP contribution in [0.15, 0.2) is 18.2 Å². The molecule has 0 spiro atoms. The summed E-state index contributed by atoms with van der Waals surface area (Å²) in [7, 11) is 1.39. The number of carbonyl (C=O) groups is 1. The summed E-state index contributed by atoms with van der Waals surface area (Å²) in [4.78, 5) is 14.3. The van der Waals surface area contributed by atoms with Crippen LogP contribution in [0.1, 0.15) is 28.8 Å². The lowest BCUT2D eigenvalue weighted by Crippen LogP contribution is -2.43. The van der Waals surface area contributed by atoms with E-state index < -0.39 is 0 Å². The van der Waals surface area contributed by atoms with Crippen molar-refractivity contribution in [3.63, 3.8) is 0 Å². The number of benzene rings is 1. The first-order valence-electron chi connectivity index (χ1n) is 7.63. The Kier molecular flexibility index (Phi) is 6.26. The van der Waals surface area contributed by atoms with Gasteiger partial charge in [-0.3, -0.25) is 0 Å². The Morgan fingerprint density at radius 1 is 1.41 bits per heavy atom. The van der Waals surface area contributed by atoms with Crippen molar-refractivity contribution in [1.29, 1.82) is 0 Å². The summed E-state index contributed by atoms with van der Waals surface area (Å²) in [5, 5.41) is 3.32. The summed E-state index contributed by atoms with van der Waals surface area (Å²) >= 11 is 0. The number of esters is 1. The van der Waals surface area contributed by atoms with E-state index in [2.05, 4.69) is 22.1 Å². The molecule has 0 bridgehead atoms. The van der Waals surface area contributed by atoms with Crippen LogP contribution < -0.4 is 16.0 Å². The second-order valence-electron chi connectivity index (χ2n) is 5.15. The van der Waals surface area contributed by atoms with E-state index in [0.717, 1.165) is 44.7 Å². The third kappa shape index (κ3) is 4.23. The fraction of sp³-hybridized carbons (Fsp3) is 0.471. The Labute approximate surface area is 131 Å². The number of nitrogens with one attached hydrogen (secondary N) is 1. The number of anilines is 1. The number of nitrogens with zero attached hydrogens (tertiary/aromatic N) is 1. The molecular weight excluding hydrogens is 278 g/mol. The highest BCUT2D eigenvalue weighted by Gasteiger charge is 2.16. The van der Waals surface area contributed by atoms with Crippen LogP contribution in [0.2, 0.25) is 0 Å². The number of unbranched alkanes of at least 4 members (excludes halogenated alkanes) is 1. The average molecular weight is 301 g/mol. The zero-order valence-corrected chi connectivity index (χ0v) is 13.0. The largest absolute Gasteiger partial charge is 0.465 e. The zero-order valence-electron chi connectivity index (χ0n) is 13.0. The quantitative estimate of drug-likeness (QED) is 0.493. The third-order valence-electron chi connectivity index (χ3n) is 3.62. The number of hydrogen-bond donors (Lipinski definition) is 2. The second kappa shape index (κ2) is 8.42. The number of carbonyl (C=O) groups excluding carboxylic acids is 1. The fourth-order valence-corrected chi connectivity index (χ4v) is 2.39. The van der Waals surface area contributed by atoms with Gasteiger partial charge in [-0.25, -0.2) is 4.79 Å². The number of rotatable bonds is 4. The standard InChI is InChI=1S/C17H23N3O2/c1-22-17(21)16-13-15(20-11-9-19-10-12-20)7-6-14(16)5-3-2-4-8-18/h6-7,13,19H,2,4,8-12,18H2,1H3. The zero-order chi connectivity index (χ0) is 15.8. The van der Waals surface area contributed by atoms with E-state index in [9.17, 15) is 4.79 Å². The van der Waals surface area contributed by atoms with E-state index in [0.29, 0.717) is 17.7 Å². The van der Waals surface area contributed by atoms with Gasteiger partial charge in [-0.1, -0.05) is 11.8 Å². The predicted molar refractivity (Wildman–Crippen MR) is 88.0 cm³/mol. The molecule has 0 amide bonds. The van der Waals surface area contributed by atoms with E-state index in [-0.39, 0.29) is 5.97 Å². The van der Waals surface area contributed by atoms with Gasteiger partial charge in [0, 0.05) is 43.9 Å². The van der Waals surface area contributed by atoms with Gasteiger partial charge < -0.3 is 20.7 Å². The Balaban J connectivity index is 2.25. The molecule has 1 saturated heterocycles. The molecule has 0 unspecified atom stereocenters. The molecule has 0 saturated carbocycles. The Hall–Kier alpha value is -2.03. The number of methoxy groups -OCH3 is 1. The fourth-order valence-electron chi connectivity index (χ4n) is 2.39. The van der Waals surface area contributed by atoms with Crippen molar-refractivity contribution >= 4 is 11.7 Å². The van der Waals surface area contributed by atoms with Gasteiger partial charge in [0.1, 0.15) is 0 Å². The Morgan fingerprint density at radius 3 is 2.86 bits per heavy atom. The molecule has 5 heteroatoms.